The molecular formula is C14H13F3N4OS. The summed E-state index contributed by atoms with van der Waals surface area (Å²) in [6.07, 6.45) is -3.38. The Balaban J connectivity index is 1.75. The second-order valence-corrected chi connectivity index (χ2v) is 5.96. The molecule has 2 heterocycles. The van der Waals surface area contributed by atoms with Crippen molar-refractivity contribution in [2.75, 3.05) is 16.9 Å². The molecule has 1 aromatic carbocycles. The SMILES string of the molecule is O=C(Nc1ccc(-n2nccc2C(F)(F)F)cc1)C1CSCN1. The topological polar surface area (TPSA) is 59.0 Å². The van der Waals surface area contributed by atoms with Gasteiger partial charge in [-0.1, -0.05) is 0 Å². The minimum atomic E-state index is -4.48. The number of hydrogen-bond acceptors (Lipinski definition) is 4. The smallest absolute Gasteiger partial charge is 0.325 e. The van der Waals surface area contributed by atoms with E-state index in [0.29, 0.717) is 11.4 Å². The molecule has 2 aromatic rings. The Hall–Kier alpha value is -2.00. The lowest BCUT2D eigenvalue weighted by Crippen LogP contribution is -2.37. The van der Waals surface area contributed by atoms with E-state index in [9.17, 15) is 18.0 Å². The number of carbonyl (C=O) groups excluding carboxylic acids is 1. The number of nitrogens with one attached hydrogen (secondary N) is 2. The van der Waals surface area contributed by atoms with Crippen molar-refractivity contribution in [3.05, 3.63) is 42.2 Å². The van der Waals surface area contributed by atoms with E-state index in [-0.39, 0.29) is 17.6 Å². The van der Waals surface area contributed by atoms with Gasteiger partial charge in [0.15, 0.2) is 0 Å². The number of carbonyl (C=O) groups is 1. The summed E-state index contributed by atoms with van der Waals surface area (Å²) in [4.78, 5) is 12.0. The van der Waals surface area contributed by atoms with Crippen molar-refractivity contribution in [3.8, 4) is 5.69 Å². The van der Waals surface area contributed by atoms with E-state index in [1.807, 2.05) is 0 Å². The number of alkyl halides is 3. The van der Waals surface area contributed by atoms with Crippen LogP contribution in [0.2, 0.25) is 0 Å². The molecule has 23 heavy (non-hydrogen) atoms. The molecule has 1 fully saturated rings. The fraction of sp³-hybridized carbons (Fsp3) is 0.286. The van der Waals surface area contributed by atoms with Gasteiger partial charge in [0.05, 0.1) is 17.9 Å². The Bertz CT molecular complexity index is 693. The molecule has 0 aliphatic carbocycles. The number of anilines is 1. The number of amides is 1. The lowest BCUT2D eigenvalue weighted by Gasteiger charge is -2.12. The summed E-state index contributed by atoms with van der Waals surface area (Å²) in [7, 11) is 0. The molecule has 0 spiro atoms. The van der Waals surface area contributed by atoms with Crippen molar-refractivity contribution >= 4 is 23.4 Å². The summed E-state index contributed by atoms with van der Waals surface area (Å²) in [5, 5.41) is 9.48. The largest absolute Gasteiger partial charge is 0.433 e. The number of rotatable bonds is 3. The van der Waals surface area contributed by atoms with Gasteiger partial charge in [0.1, 0.15) is 5.69 Å². The van der Waals surface area contributed by atoms with Gasteiger partial charge < -0.3 is 5.32 Å². The first-order valence-electron chi connectivity index (χ1n) is 6.79. The van der Waals surface area contributed by atoms with Crippen LogP contribution in [-0.4, -0.2) is 33.4 Å². The highest BCUT2D eigenvalue weighted by atomic mass is 32.2. The molecule has 1 aliphatic rings. The van der Waals surface area contributed by atoms with Crippen molar-refractivity contribution in [2.24, 2.45) is 0 Å². The second-order valence-electron chi connectivity index (χ2n) is 4.93. The number of halogens is 3. The molecule has 2 N–H and O–H groups in total. The average molecular weight is 342 g/mol. The molecule has 1 aliphatic heterocycles. The van der Waals surface area contributed by atoms with Gasteiger partial charge in [0.25, 0.3) is 0 Å². The van der Waals surface area contributed by atoms with Crippen LogP contribution in [0.25, 0.3) is 5.69 Å². The Morgan fingerprint density at radius 3 is 2.65 bits per heavy atom. The van der Waals surface area contributed by atoms with Gasteiger partial charge in [0.2, 0.25) is 5.91 Å². The van der Waals surface area contributed by atoms with E-state index in [0.717, 1.165) is 22.8 Å². The van der Waals surface area contributed by atoms with Crippen LogP contribution in [0.4, 0.5) is 18.9 Å². The van der Waals surface area contributed by atoms with Gasteiger partial charge in [-0.25, -0.2) is 4.68 Å². The molecule has 1 amide bonds. The number of benzene rings is 1. The molecule has 122 valence electrons. The highest BCUT2D eigenvalue weighted by Gasteiger charge is 2.35. The quantitative estimate of drug-likeness (QED) is 0.900. The normalized spacial score (nSPS) is 18.1. The summed E-state index contributed by atoms with van der Waals surface area (Å²) < 4.78 is 39.4. The Labute approximate surface area is 134 Å². The molecule has 1 atom stereocenters. The maximum atomic E-state index is 12.9. The summed E-state index contributed by atoms with van der Waals surface area (Å²) in [6.45, 7) is 0. The zero-order valence-corrected chi connectivity index (χ0v) is 12.6. The molecule has 1 aromatic heterocycles. The Morgan fingerprint density at radius 2 is 2.04 bits per heavy atom. The van der Waals surface area contributed by atoms with Crippen LogP contribution in [0, 0.1) is 0 Å². The molecule has 0 bridgehead atoms. The molecule has 0 saturated carbocycles. The van der Waals surface area contributed by atoms with E-state index in [1.54, 1.807) is 23.9 Å². The minimum Gasteiger partial charge on any atom is -0.325 e. The molecule has 3 rings (SSSR count). The Morgan fingerprint density at radius 1 is 1.30 bits per heavy atom. The average Bonchev–Trinajstić information content (AvgIpc) is 3.19. The van der Waals surface area contributed by atoms with Crippen molar-refractivity contribution < 1.29 is 18.0 Å². The van der Waals surface area contributed by atoms with Crippen molar-refractivity contribution in [2.45, 2.75) is 12.2 Å². The maximum absolute atomic E-state index is 12.9. The van der Waals surface area contributed by atoms with Crippen LogP contribution < -0.4 is 10.6 Å². The molecule has 1 saturated heterocycles. The second kappa shape index (κ2) is 6.25. The number of aromatic nitrogens is 2. The van der Waals surface area contributed by atoms with E-state index in [2.05, 4.69) is 15.7 Å². The highest BCUT2D eigenvalue weighted by Crippen LogP contribution is 2.30. The third-order valence-corrected chi connectivity index (χ3v) is 4.29. The summed E-state index contributed by atoms with van der Waals surface area (Å²) in [5.41, 5.74) is -0.0468. The van der Waals surface area contributed by atoms with E-state index in [1.165, 1.54) is 12.1 Å². The lowest BCUT2D eigenvalue weighted by molar-refractivity contribution is -0.142. The lowest BCUT2D eigenvalue weighted by atomic mass is 10.2. The highest BCUT2D eigenvalue weighted by molar-refractivity contribution is 7.99. The first-order chi connectivity index (χ1) is 10.9. The van der Waals surface area contributed by atoms with Gasteiger partial charge in [-0.3, -0.25) is 10.1 Å². The van der Waals surface area contributed by atoms with Crippen molar-refractivity contribution in [3.63, 3.8) is 0 Å². The molecule has 5 nitrogen and oxygen atoms in total. The Kier molecular flexibility index (Phi) is 4.31. The van der Waals surface area contributed by atoms with E-state index in [4.69, 9.17) is 0 Å². The molecular weight excluding hydrogens is 329 g/mol. The summed E-state index contributed by atoms with van der Waals surface area (Å²) in [5.74, 6) is 1.28. The van der Waals surface area contributed by atoms with Crippen LogP contribution >= 0.6 is 11.8 Å². The predicted octanol–water partition coefficient (Wildman–Crippen LogP) is 2.49. The first-order valence-corrected chi connectivity index (χ1v) is 7.94. The first kappa shape index (κ1) is 15.9. The van der Waals surface area contributed by atoms with Crippen LogP contribution in [0.5, 0.6) is 0 Å². The van der Waals surface area contributed by atoms with Gasteiger partial charge in [0, 0.05) is 17.3 Å². The van der Waals surface area contributed by atoms with Crippen LogP contribution in [0.3, 0.4) is 0 Å². The fourth-order valence-corrected chi connectivity index (χ4v) is 3.14. The van der Waals surface area contributed by atoms with Crippen LogP contribution in [-0.2, 0) is 11.0 Å². The number of hydrogen-bond donors (Lipinski definition) is 2. The monoisotopic (exact) mass is 342 g/mol. The van der Waals surface area contributed by atoms with Crippen LogP contribution in [0.1, 0.15) is 5.69 Å². The summed E-state index contributed by atoms with van der Waals surface area (Å²) >= 11 is 1.64. The standard InChI is InChI=1S/C14H13F3N4OS/c15-14(16,17)12-5-6-19-21(12)10-3-1-9(2-4-10)20-13(22)11-7-23-8-18-11/h1-6,11,18H,7-8H2,(H,20,22). The van der Waals surface area contributed by atoms with Crippen molar-refractivity contribution in [1.29, 1.82) is 0 Å². The number of thioether (sulfide) groups is 1. The third kappa shape index (κ3) is 3.50. The van der Waals surface area contributed by atoms with E-state index >= 15 is 0 Å². The van der Waals surface area contributed by atoms with Gasteiger partial charge in [-0.15, -0.1) is 11.8 Å². The van der Waals surface area contributed by atoms with Crippen molar-refractivity contribution in [1.82, 2.24) is 15.1 Å². The zero-order chi connectivity index (χ0) is 16.4. The van der Waals surface area contributed by atoms with Gasteiger partial charge in [-0.05, 0) is 30.3 Å². The summed E-state index contributed by atoms with van der Waals surface area (Å²) in [6, 6.07) is 6.74. The van der Waals surface area contributed by atoms with Gasteiger partial charge in [-0.2, -0.15) is 18.3 Å². The molecule has 9 heteroatoms. The van der Waals surface area contributed by atoms with Crippen LogP contribution in [0.15, 0.2) is 36.5 Å². The maximum Gasteiger partial charge on any atom is 0.433 e. The number of nitrogens with zero attached hydrogens (tertiary/aromatic N) is 2. The minimum absolute atomic E-state index is 0.155. The fourth-order valence-electron chi connectivity index (χ4n) is 2.20. The molecule has 0 radical (unpaired) electrons. The predicted molar refractivity (Wildman–Crippen MR) is 81.4 cm³/mol. The van der Waals surface area contributed by atoms with Gasteiger partial charge >= 0.3 is 6.18 Å². The molecule has 1 unspecified atom stereocenters. The van der Waals surface area contributed by atoms with E-state index < -0.39 is 11.9 Å². The zero-order valence-electron chi connectivity index (χ0n) is 11.8. The third-order valence-electron chi connectivity index (χ3n) is 3.35.